The lowest BCUT2D eigenvalue weighted by Gasteiger charge is -2.39. The van der Waals surface area contributed by atoms with E-state index in [9.17, 15) is 0 Å². The first kappa shape index (κ1) is 13.3. The predicted molar refractivity (Wildman–Crippen MR) is 73.4 cm³/mol. The Kier molecular flexibility index (Phi) is 5.26. The molecule has 2 aliphatic heterocycles. The topological polar surface area (TPSA) is 18.5 Å². The van der Waals surface area contributed by atoms with Crippen molar-refractivity contribution < 1.29 is 0 Å². The van der Waals surface area contributed by atoms with Crippen LogP contribution in [0.5, 0.6) is 0 Å². The molecule has 2 aliphatic rings. The third kappa shape index (κ3) is 3.94. The molecule has 0 aromatic heterocycles. The number of hydrogen-bond acceptors (Lipinski definition) is 3. The van der Waals surface area contributed by atoms with Gasteiger partial charge in [-0.2, -0.15) is 0 Å². The summed E-state index contributed by atoms with van der Waals surface area (Å²) in [6.45, 7) is 8.53. The van der Waals surface area contributed by atoms with Crippen molar-refractivity contribution in [1.29, 1.82) is 0 Å². The van der Waals surface area contributed by atoms with Gasteiger partial charge in [0, 0.05) is 18.6 Å². The zero-order valence-electron chi connectivity index (χ0n) is 11.6. The summed E-state index contributed by atoms with van der Waals surface area (Å²) in [5.41, 5.74) is 0. The van der Waals surface area contributed by atoms with E-state index in [0.717, 1.165) is 18.6 Å². The minimum atomic E-state index is 0.778. The summed E-state index contributed by atoms with van der Waals surface area (Å²) in [6.07, 6.45) is 6.91. The van der Waals surface area contributed by atoms with Crippen LogP contribution in [0.1, 0.15) is 39.0 Å². The molecule has 3 nitrogen and oxygen atoms in total. The molecular formula is C14H29N3. The minimum Gasteiger partial charge on any atom is -0.314 e. The molecule has 0 radical (unpaired) electrons. The fraction of sp³-hybridized carbons (Fsp3) is 1.00. The number of likely N-dealkylation sites (tertiary alicyclic amines) is 2. The van der Waals surface area contributed by atoms with Crippen LogP contribution in [-0.4, -0.2) is 61.7 Å². The highest BCUT2D eigenvalue weighted by molar-refractivity contribution is 4.82. The van der Waals surface area contributed by atoms with E-state index in [1.165, 1.54) is 58.3 Å². The van der Waals surface area contributed by atoms with Crippen molar-refractivity contribution in [3.63, 3.8) is 0 Å². The van der Waals surface area contributed by atoms with Gasteiger partial charge in [-0.1, -0.05) is 13.3 Å². The van der Waals surface area contributed by atoms with E-state index in [-0.39, 0.29) is 0 Å². The Morgan fingerprint density at radius 1 is 1.06 bits per heavy atom. The molecule has 1 atom stereocenters. The molecular weight excluding hydrogens is 210 g/mol. The molecule has 0 spiro atoms. The summed E-state index contributed by atoms with van der Waals surface area (Å²) >= 11 is 0. The standard InChI is InChI=1S/C14H29N3/c1-3-15-13-7-10-17(11-8-13)12-14-6-4-5-9-16(14)2/h13-15H,3-12H2,1-2H3. The van der Waals surface area contributed by atoms with Gasteiger partial charge in [0.2, 0.25) is 0 Å². The quantitative estimate of drug-likeness (QED) is 0.803. The van der Waals surface area contributed by atoms with Crippen LogP contribution in [0.2, 0.25) is 0 Å². The summed E-state index contributed by atoms with van der Waals surface area (Å²) in [7, 11) is 2.30. The highest BCUT2D eigenvalue weighted by atomic mass is 15.2. The summed E-state index contributed by atoms with van der Waals surface area (Å²) in [6, 6.07) is 1.60. The monoisotopic (exact) mass is 239 g/mol. The number of nitrogens with one attached hydrogen (secondary N) is 1. The number of piperidine rings is 2. The fourth-order valence-corrected chi connectivity index (χ4v) is 3.28. The van der Waals surface area contributed by atoms with E-state index in [0.29, 0.717) is 0 Å². The van der Waals surface area contributed by atoms with Crippen LogP contribution in [0.4, 0.5) is 0 Å². The number of rotatable bonds is 4. The van der Waals surface area contributed by atoms with E-state index in [2.05, 4.69) is 29.1 Å². The third-order valence-corrected chi connectivity index (χ3v) is 4.47. The average molecular weight is 239 g/mol. The molecule has 100 valence electrons. The lowest BCUT2D eigenvalue weighted by atomic mass is 10.00. The Balaban J connectivity index is 1.70. The Morgan fingerprint density at radius 2 is 1.82 bits per heavy atom. The van der Waals surface area contributed by atoms with Crippen molar-refractivity contribution in [3.05, 3.63) is 0 Å². The lowest BCUT2D eigenvalue weighted by Crippen LogP contribution is -2.49. The van der Waals surface area contributed by atoms with Crippen LogP contribution in [0, 0.1) is 0 Å². The lowest BCUT2D eigenvalue weighted by molar-refractivity contribution is 0.109. The third-order valence-electron chi connectivity index (χ3n) is 4.47. The molecule has 0 saturated carbocycles. The highest BCUT2D eigenvalue weighted by Gasteiger charge is 2.24. The maximum absolute atomic E-state index is 3.58. The number of nitrogens with zero attached hydrogens (tertiary/aromatic N) is 2. The molecule has 0 aromatic rings. The first-order valence-corrected chi connectivity index (χ1v) is 7.45. The fourth-order valence-electron chi connectivity index (χ4n) is 3.28. The van der Waals surface area contributed by atoms with E-state index < -0.39 is 0 Å². The summed E-state index contributed by atoms with van der Waals surface area (Å²) < 4.78 is 0. The molecule has 17 heavy (non-hydrogen) atoms. The molecule has 1 N–H and O–H groups in total. The maximum Gasteiger partial charge on any atom is 0.0220 e. The van der Waals surface area contributed by atoms with Gasteiger partial charge in [0.05, 0.1) is 0 Å². The van der Waals surface area contributed by atoms with Gasteiger partial charge in [-0.3, -0.25) is 0 Å². The highest BCUT2D eigenvalue weighted by Crippen LogP contribution is 2.18. The van der Waals surface area contributed by atoms with E-state index >= 15 is 0 Å². The maximum atomic E-state index is 3.58. The van der Waals surface area contributed by atoms with Gasteiger partial charge in [0.25, 0.3) is 0 Å². The van der Waals surface area contributed by atoms with Gasteiger partial charge in [0.1, 0.15) is 0 Å². The molecule has 0 aromatic carbocycles. The first-order valence-electron chi connectivity index (χ1n) is 7.45. The summed E-state index contributed by atoms with van der Waals surface area (Å²) in [5.74, 6) is 0. The molecule has 2 rings (SSSR count). The SMILES string of the molecule is CCNC1CCN(CC2CCCCN2C)CC1. The van der Waals surface area contributed by atoms with E-state index in [4.69, 9.17) is 0 Å². The van der Waals surface area contributed by atoms with Gasteiger partial charge in [-0.25, -0.2) is 0 Å². The second kappa shape index (κ2) is 6.72. The molecule has 0 bridgehead atoms. The van der Waals surface area contributed by atoms with Gasteiger partial charge in [-0.05, 0) is 58.9 Å². The Morgan fingerprint density at radius 3 is 2.47 bits per heavy atom. The second-order valence-electron chi connectivity index (χ2n) is 5.76. The molecule has 0 aliphatic carbocycles. The van der Waals surface area contributed by atoms with Crippen molar-refractivity contribution in [2.24, 2.45) is 0 Å². The molecule has 2 fully saturated rings. The van der Waals surface area contributed by atoms with Crippen LogP contribution in [-0.2, 0) is 0 Å². The average Bonchev–Trinajstić information content (AvgIpc) is 2.35. The zero-order valence-corrected chi connectivity index (χ0v) is 11.6. The first-order chi connectivity index (χ1) is 8.29. The number of likely N-dealkylation sites (N-methyl/N-ethyl adjacent to an activating group) is 1. The summed E-state index contributed by atoms with van der Waals surface area (Å²) in [5, 5.41) is 3.58. The van der Waals surface area contributed by atoms with Gasteiger partial charge in [0.15, 0.2) is 0 Å². The van der Waals surface area contributed by atoms with E-state index in [1.807, 2.05) is 0 Å². The molecule has 0 amide bonds. The normalized spacial score (nSPS) is 29.6. The number of hydrogen-bond donors (Lipinski definition) is 1. The molecule has 2 saturated heterocycles. The van der Waals surface area contributed by atoms with Gasteiger partial charge < -0.3 is 15.1 Å². The minimum absolute atomic E-state index is 0.778. The Labute approximate surface area is 107 Å². The Hall–Kier alpha value is -0.120. The van der Waals surface area contributed by atoms with Crippen molar-refractivity contribution in [1.82, 2.24) is 15.1 Å². The van der Waals surface area contributed by atoms with Crippen molar-refractivity contribution in [3.8, 4) is 0 Å². The van der Waals surface area contributed by atoms with Crippen LogP contribution in [0.25, 0.3) is 0 Å². The summed E-state index contributed by atoms with van der Waals surface area (Å²) in [4.78, 5) is 5.25. The van der Waals surface area contributed by atoms with Crippen LogP contribution >= 0.6 is 0 Å². The molecule has 2 heterocycles. The van der Waals surface area contributed by atoms with Crippen molar-refractivity contribution in [2.45, 2.75) is 51.1 Å². The van der Waals surface area contributed by atoms with Crippen molar-refractivity contribution in [2.75, 3.05) is 39.8 Å². The van der Waals surface area contributed by atoms with Gasteiger partial charge >= 0.3 is 0 Å². The Bertz CT molecular complexity index is 212. The van der Waals surface area contributed by atoms with Crippen molar-refractivity contribution >= 4 is 0 Å². The second-order valence-corrected chi connectivity index (χ2v) is 5.76. The van der Waals surface area contributed by atoms with E-state index in [1.54, 1.807) is 0 Å². The predicted octanol–water partition coefficient (Wildman–Crippen LogP) is 1.54. The smallest absolute Gasteiger partial charge is 0.0220 e. The van der Waals surface area contributed by atoms with Crippen LogP contribution < -0.4 is 5.32 Å². The van der Waals surface area contributed by atoms with Crippen LogP contribution in [0.3, 0.4) is 0 Å². The molecule has 1 unspecified atom stereocenters. The zero-order chi connectivity index (χ0) is 12.1. The molecule has 3 heteroatoms. The van der Waals surface area contributed by atoms with Gasteiger partial charge in [-0.15, -0.1) is 0 Å². The van der Waals surface area contributed by atoms with Crippen LogP contribution in [0.15, 0.2) is 0 Å². The largest absolute Gasteiger partial charge is 0.314 e.